The van der Waals surface area contributed by atoms with Crippen LogP contribution >= 0.6 is 0 Å². The maximum atomic E-state index is 6.06. The summed E-state index contributed by atoms with van der Waals surface area (Å²) in [6, 6.07) is 3.71. The second kappa shape index (κ2) is 4.45. The Labute approximate surface area is 100 Å². The van der Waals surface area contributed by atoms with Crippen LogP contribution in [0.3, 0.4) is 0 Å². The van der Waals surface area contributed by atoms with Crippen molar-refractivity contribution in [3.63, 3.8) is 0 Å². The second-order valence-corrected chi connectivity index (χ2v) is 3.73. The van der Waals surface area contributed by atoms with Crippen LogP contribution in [-0.2, 0) is 6.54 Å². The summed E-state index contributed by atoms with van der Waals surface area (Å²) < 4.78 is 6.99. The molecule has 2 rings (SSSR count). The fraction of sp³-hybridized carbons (Fsp3) is 0.333. The van der Waals surface area contributed by atoms with Crippen LogP contribution in [0, 0.1) is 6.92 Å². The van der Waals surface area contributed by atoms with Gasteiger partial charge in [0.1, 0.15) is 17.3 Å². The fourth-order valence-corrected chi connectivity index (χ4v) is 1.83. The van der Waals surface area contributed by atoms with E-state index in [4.69, 9.17) is 10.5 Å². The highest BCUT2D eigenvalue weighted by atomic mass is 16.5. The molecular formula is C12H16N4O. The van der Waals surface area contributed by atoms with Crippen LogP contribution in [0.1, 0.15) is 12.7 Å². The van der Waals surface area contributed by atoms with Crippen LogP contribution < -0.4 is 10.5 Å². The van der Waals surface area contributed by atoms with E-state index in [0.717, 1.165) is 23.6 Å². The van der Waals surface area contributed by atoms with Gasteiger partial charge in [0, 0.05) is 24.4 Å². The van der Waals surface area contributed by atoms with E-state index in [1.165, 1.54) is 0 Å². The molecule has 0 atom stereocenters. The van der Waals surface area contributed by atoms with Gasteiger partial charge in [-0.1, -0.05) is 0 Å². The first-order valence-electron chi connectivity index (χ1n) is 5.50. The van der Waals surface area contributed by atoms with E-state index in [1.807, 2.05) is 24.5 Å². The number of ether oxygens (including phenoxy) is 1. The molecule has 0 spiro atoms. The molecule has 0 aliphatic carbocycles. The first kappa shape index (κ1) is 11.4. The smallest absolute Gasteiger partial charge is 0.212 e. The molecule has 0 aromatic carbocycles. The van der Waals surface area contributed by atoms with Crippen molar-refractivity contribution in [2.75, 3.05) is 12.8 Å². The van der Waals surface area contributed by atoms with Crippen molar-refractivity contribution in [3.8, 4) is 17.1 Å². The summed E-state index contributed by atoms with van der Waals surface area (Å²) in [4.78, 5) is 8.62. The lowest BCUT2D eigenvalue weighted by atomic mass is 10.2. The van der Waals surface area contributed by atoms with E-state index in [-0.39, 0.29) is 0 Å². The molecule has 17 heavy (non-hydrogen) atoms. The minimum atomic E-state index is 0.582. The third kappa shape index (κ3) is 1.95. The summed E-state index contributed by atoms with van der Waals surface area (Å²) in [5.41, 5.74) is 7.74. The minimum Gasteiger partial charge on any atom is -0.481 e. The molecule has 2 aromatic rings. The van der Waals surface area contributed by atoms with Crippen LogP contribution in [0.15, 0.2) is 18.3 Å². The number of rotatable bonds is 3. The molecule has 2 heterocycles. The molecular weight excluding hydrogens is 216 g/mol. The van der Waals surface area contributed by atoms with Gasteiger partial charge in [0.15, 0.2) is 0 Å². The van der Waals surface area contributed by atoms with Gasteiger partial charge >= 0.3 is 0 Å². The van der Waals surface area contributed by atoms with Crippen molar-refractivity contribution < 1.29 is 4.74 Å². The average molecular weight is 232 g/mol. The van der Waals surface area contributed by atoms with E-state index >= 15 is 0 Å². The van der Waals surface area contributed by atoms with Gasteiger partial charge in [-0.15, -0.1) is 0 Å². The predicted octanol–water partition coefficient (Wildman–Crippen LogP) is 1.86. The highest BCUT2D eigenvalue weighted by Crippen LogP contribution is 2.26. The average Bonchev–Trinajstić information content (AvgIpc) is 2.64. The molecule has 0 amide bonds. The van der Waals surface area contributed by atoms with Gasteiger partial charge in [0.25, 0.3) is 0 Å². The number of nitrogens with two attached hydrogens (primary N) is 1. The van der Waals surface area contributed by atoms with Crippen LogP contribution in [0.5, 0.6) is 5.88 Å². The first-order chi connectivity index (χ1) is 8.17. The third-order valence-corrected chi connectivity index (χ3v) is 2.73. The summed E-state index contributed by atoms with van der Waals surface area (Å²) >= 11 is 0. The second-order valence-electron chi connectivity index (χ2n) is 3.73. The van der Waals surface area contributed by atoms with E-state index in [2.05, 4.69) is 9.97 Å². The molecule has 0 saturated carbocycles. The lowest BCUT2D eigenvalue weighted by Crippen LogP contribution is -2.02. The van der Waals surface area contributed by atoms with Gasteiger partial charge in [0.2, 0.25) is 5.88 Å². The van der Waals surface area contributed by atoms with Crippen molar-refractivity contribution in [1.29, 1.82) is 0 Å². The zero-order valence-electron chi connectivity index (χ0n) is 10.3. The van der Waals surface area contributed by atoms with Gasteiger partial charge in [-0.25, -0.2) is 9.97 Å². The van der Waals surface area contributed by atoms with Gasteiger partial charge < -0.3 is 15.0 Å². The summed E-state index contributed by atoms with van der Waals surface area (Å²) in [6.45, 7) is 4.80. The van der Waals surface area contributed by atoms with Crippen LogP contribution in [0.25, 0.3) is 11.3 Å². The number of methoxy groups -OCH3 is 1. The van der Waals surface area contributed by atoms with Crippen molar-refractivity contribution in [1.82, 2.24) is 14.5 Å². The summed E-state index contributed by atoms with van der Waals surface area (Å²) in [5, 5.41) is 0. The van der Waals surface area contributed by atoms with E-state index in [1.54, 1.807) is 19.4 Å². The number of nitrogen functional groups attached to an aromatic ring is 1. The lowest BCUT2D eigenvalue weighted by Gasteiger charge is -2.03. The Morgan fingerprint density at radius 3 is 2.65 bits per heavy atom. The maximum absolute atomic E-state index is 6.06. The van der Waals surface area contributed by atoms with Gasteiger partial charge in [-0.3, -0.25) is 0 Å². The fourth-order valence-electron chi connectivity index (χ4n) is 1.83. The molecule has 0 bridgehead atoms. The molecule has 0 fully saturated rings. The molecule has 0 aliphatic heterocycles. The summed E-state index contributed by atoms with van der Waals surface area (Å²) in [7, 11) is 1.59. The number of anilines is 1. The molecule has 2 N–H and O–H groups in total. The minimum absolute atomic E-state index is 0.582. The maximum Gasteiger partial charge on any atom is 0.212 e. The Morgan fingerprint density at radius 2 is 2.18 bits per heavy atom. The molecule has 2 aromatic heterocycles. The molecule has 5 nitrogen and oxygen atoms in total. The zero-order chi connectivity index (χ0) is 12.4. The number of imidazole rings is 1. The molecule has 0 aliphatic rings. The normalized spacial score (nSPS) is 10.5. The van der Waals surface area contributed by atoms with E-state index in [9.17, 15) is 0 Å². The van der Waals surface area contributed by atoms with Crippen LogP contribution in [0.2, 0.25) is 0 Å². The van der Waals surface area contributed by atoms with Crippen molar-refractivity contribution in [3.05, 3.63) is 24.2 Å². The number of hydrogen-bond donors (Lipinski definition) is 1. The Kier molecular flexibility index (Phi) is 2.99. The molecule has 5 heteroatoms. The van der Waals surface area contributed by atoms with Crippen molar-refractivity contribution in [2.45, 2.75) is 20.4 Å². The molecule has 0 saturated heterocycles. The Morgan fingerprint density at radius 1 is 1.41 bits per heavy atom. The number of nitrogens with zero attached hydrogens (tertiary/aromatic N) is 3. The van der Waals surface area contributed by atoms with E-state index in [0.29, 0.717) is 11.7 Å². The van der Waals surface area contributed by atoms with Crippen LogP contribution in [-0.4, -0.2) is 21.6 Å². The first-order valence-corrected chi connectivity index (χ1v) is 5.50. The van der Waals surface area contributed by atoms with Gasteiger partial charge in [-0.05, 0) is 19.9 Å². The van der Waals surface area contributed by atoms with Gasteiger partial charge in [0.05, 0.1) is 7.11 Å². The molecule has 0 radical (unpaired) electrons. The Balaban J connectivity index is 2.45. The number of aromatic nitrogens is 3. The van der Waals surface area contributed by atoms with Crippen LogP contribution in [0.4, 0.5) is 5.82 Å². The quantitative estimate of drug-likeness (QED) is 0.877. The topological polar surface area (TPSA) is 66.0 Å². The largest absolute Gasteiger partial charge is 0.481 e. The number of aryl methyl sites for hydroxylation is 1. The highest BCUT2D eigenvalue weighted by molar-refractivity contribution is 5.70. The molecule has 0 unspecified atom stereocenters. The summed E-state index contributed by atoms with van der Waals surface area (Å²) in [6.07, 6.45) is 1.72. The third-order valence-electron chi connectivity index (χ3n) is 2.73. The Hall–Kier alpha value is -2.04. The number of pyridine rings is 1. The molecule has 90 valence electrons. The van der Waals surface area contributed by atoms with Crippen molar-refractivity contribution in [2.24, 2.45) is 0 Å². The monoisotopic (exact) mass is 232 g/mol. The Bertz CT molecular complexity index is 516. The standard InChI is InChI=1S/C12H16N4O/c1-4-16-8(2)15-11(12(16)13)9-5-6-10(17-3)14-7-9/h5-7H,4,13H2,1-3H3. The number of hydrogen-bond acceptors (Lipinski definition) is 4. The van der Waals surface area contributed by atoms with Crippen molar-refractivity contribution >= 4 is 5.82 Å². The highest BCUT2D eigenvalue weighted by Gasteiger charge is 2.12. The lowest BCUT2D eigenvalue weighted by molar-refractivity contribution is 0.398. The van der Waals surface area contributed by atoms with E-state index < -0.39 is 0 Å². The predicted molar refractivity (Wildman–Crippen MR) is 66.8 cm³/mol. The SMILES string of the molecule is CCn1c(C)nc(-c2ccc(OC)nc2)c1N. The zero-order valence-corrected chi connectivity index (χ0v) is 10.3. The summed E-state index contributed by atoms with van der Waals surface area (Å²) in [5.74, 6) is 2.17. The van der Waals surface area contributed by atoms with Gasteiger partial charge in [-0.2, -0.15) is 0 Å².